The quantitative estimate of drug-likeness (QED) is 0.158. The number of nitrogens with two attached hydrogens (primary N) is 1. The summed E-state index contributed by atoms with van der Waals surface area (Å²) in [5.74, 6) is 2.10. The van der Waals surface area contributed by atoms with Crippen molar-refractivity contribution in [3.8, 4) is 6.19 Å². The van der Waals surface area contributed by atoms with Crippen LogP contribution < -0.4 is 21.7 Å². The second kappa shape index (κ2) is 12.5. The van der Waals surface area contributed by atoms with Crippen molar-refractivity contribution in [2.75, 3.05) is 39.2 Å². The molecule has 0 bridgehead atoms. The van der Waals surface area contributed by atoms with E-state index in [0.29, 0.717) is 37.4 Å². The molecule has 0 aliphatic heterocycles. The van der Waals surface area contributed by atoms with Gasteiger partial charge in [-0.15, -0.1) is 0 Å². The zero-order valence-electron chi connectivity index (χ0n) is 14.6. The Morgan fingerprint density at radius 2 is 2.28 bits per heavy atom. The van der Waals surface area contributed by atoms with Gasteiger partial charge in [0.25, 0.3) is 0 Å². The predicted octanol–water partition coefficient (Wildman–Crippen LogP) is -0.182. The molecule has 136 valence electrons. The lowest BCUT2D eigenvalue weighted by Gasteiger charge is -2.08. The Kier molecular flexibility index (Phi) is 10.0. The first kappa shape index (κ1) is 20.1. The average Bonchev–Trinajstić information content (AvgIpc) is 2.61. The van der Waals surface area contributed by atoms with Crippen molar-refractivity contribution >= 4 is 17.7 Å². The zero-order valence-corrected chi connectivity index (χ0v) is 14.6. The minimum Gasteiger partial charge on any atom is -0.383 e. The van der Waals surface area contributed by atoms with E-state index in [9.17, 15) is 0 Å². The molecular weight excluding hydrogens is 322 g/mol. The molecule has 10 heteroatoms. The lowest BCUT2D eigenvalue weighted by molar-refractivity contribution is 0.208. The van der Waals surface area contributed by atoms with E-state index in [1.54, 1.807) is 26.4 Å². The number of methoxy groups -OCH3 is 1. The molecule has 10 nitrogen and oxygen atoms in total. The van der Waals surface area contributed by atoms with Gasteiger partial charge in [-0.2, -0.15) is 5.26 Å². The number of guanidine groups is 2. The Hall–Kier alpha value is -2.93. The fourth-order valence-corrected chi connectivity index (χ4v) is 1.86. The number of nitrogens with zero attached hydrogens (tertiary/aromatic N) is 5. The number of aliphatic imine (C=N–C) groups is 2. The lowest BCUT2D eigenvalue weighted by atomic mass is 10.2. The highest BCUT2D eigenvalue weighted by molar-refractivity contribution is 5.91. The summed E-state index contributed by atoms with van der Waals surface area (Å²) in [5.41, 5.74) is 5.78. The Balaban J connectivity index is 2.36. The van der Waals surface area contributed by atoms with Crippen LogP contribution in [0.1, 0.15) is 18.7 Å². The number of ether oxygens (including phenoxy) is 1. The van der Waals surface area contributed by atoms with Crippen molar-refractivity contribution in [3.05, 3.63) is 18.1 Å². The van der Waals surface area contributed by atoms with Crippen LogP contribution in [0.5, 0.6) is 0 Å². The van der Waals surface area contributed by atoms with Crippen molar-refractivity contribution in [3.63, 3.8) is 0 Å². The van der Waals surface area contributed by atoms with Gasteiger partial charge in [0.2, 0.25) is 5.96 Å². The maximum atomic E-state index is 8.54. The van der Waals surface area contributed by atoms with E-state index in [0.717, 1.165) is 25.1 Å². The summed E-state index contributed by atoms with van der Waals surface area (Å²) in [6, 6.07) is 1.74. The smallest absolute Gasteiger partial charge is 0.204 e. The van der Waals surface area contributed by atoms with Gasteiger partial charge in [0.1, 0.15) is 11.6 Å². The number of nitrogens with one attached hydrogen (secondary N) is 3. The van der Waals surface area contributed by atoms with E-state index in [1.165, 1.54) is 0 Å². The first-order valence-electron chi connectivity index (χ1n) is 7.93. The standard InChI is InChI=1S/C15H25N9O/c1-18-15(22-11-16)21-7-4-3-5-12-19-8-6-13(23-12)24-14(17)20-9-10-25-2/h6,8H,3-5,7,9-10H2,1-2H3,(H2,18,21,22)(H3,17,19,20,23,24). The largest absolute Gasteiger partial charge is 0.383 e. The molecule has 0 radical (unpaired) electrons. The summed E-state index contributed by atoms with van der Waals surface area (Å²) in [6.07, 6.45) is 6.05. The second-order valence-corrected chi connectivity index (χ2v) is 4.94. The first-order valence-corrected chi connectivity index (χ1v) is 7.93. The Labute approximate surface area is 147 Å². The average molecular weight is 347 g/mol. The van der Waals surface area contributed by atoms with E-state index in [-0.39, 0.29) is 0 Å². The molecule has 0 aliphatic rings. The molecule has 1 rings (SSSR count). The molecule has 0 spiro atoms. The zero-order chi connectivity index (χ0) is 18.3. The van der Waals surface area contributed by atoms with Gasteiger partial charge in [0, 0.05) is 33.3 Å². The van der Waals surface area contributed by atoms with Crippen LogP contribution in [0.25, 0.3) is 0 Å². The molecule has 0 saturated heterocycles. The molecule has 0 aromatic carbocycles. The van der Waals surface area contributed by atoms with Crippen molar-refractivity contribution in [1.29, 1.82) is 5.26 Å². The third kappa shape index (κ3) is 9.07. The van der Waals surface area contributed by atoms with Gasteiger partial charge in [0.05, 0.1) is 13.2 Å². The SMILES string of the molecule is CN=C(NC#N)NCCCCc1nccc(NC(N)=NCCOC)n1. The summed E-state index contributed by atoms with van der Waals surface area (Å²) >= 11 is 0. The number of rotatable bonds is 9. The molecule has 25 heavy (non-hydrogen) atoms. The Morgan fingerprint density at radius 3 is 3.00 bits per heavy atom. The van der Waals surface area contributed by atoms with Gasteiger partial charge in [-0.3, -0.25) is 15.3 Å². The minimum atomic E-state index is 0.294. The molecule has 0 unspecified atom stereocenters. The molecule has 1 heterocycles. The Morgan fingerprint density at radius 1 is 1.44 bits per heavy atom. The first-order chi connectivity index (χ1) is 12.2. The van der Waals surface area contributed by atoms with E-state index in [2.05, 4.69) is 35.9 Å². The second-order valence-electron chi connectivity index (χ2n) is 4.94. The summed E-state index contributed by atoms with van der Waals surface area (Å²) in [5, 5.41) is 17.0. The Bertz CT molecular complexity index is 609. The molecule has 0 saturated carbocycles. The van der Waals surface area contributed by atoms with Crippen LogP contribution in [0.15, 0.2) is 22.2 Å². The maximum Gasteiger partial charge on any atom is 0.204 e. The fourth-order valence-electron chi connectivity index (χ4n) is 1.86. The van der Waals surface area contributed by atoms with Crippen LogP contribution in [0.3, 0.4) is 0 Å². The monoisotopic (exact) mass is 347 g/mol. The van der Waals surface area contributed by atoms with Gasteiger partial charge >= 0.3 is 0 Å². The van der Waals surface area contributed by atoms with Crippen LogP contribution in [0, 0.1) is 11.5 Å². The van der Waals surface area contributed by atoms with Crippen molar-refractivity contribution in [2.45, 2.75) is 19.3 Å². The highest BCUT2D eigenvalue weighted by atomic mass is 16.5. The third-order valence-corrected chi connectivity index (χ3v) is 3.06. The minimum absolute atomic E-state index is 0.294. The van der Waals surface area contributed by atoms with E-state index < -0.39 is 0 Å². The maximum absolute atomic E-state index is 8.54. The van der Waals surface area contributed by atoms with Gasteiger partial charge in [-0.25, -0.2) is 9.97 Å². The molecular formula is C15H25N9O. The highest BCUT2D eigenvalue weighted by Crippen LogP contribution is 2.04. The van der Waals surface area contributed by atoms with E-state index in [1.807, 2.05) is 6.19 Å². The lowest BCUT2D eigenvalue weighted by Crippen LogP contribution is -2.34. The van der Waals surface area contributed by atoms with Gasteiger partial charge < -0.3 is 21.1 Å². The third-order valence-electron chi connectivity index (χ3n) is 3.06. The topological polar surface area (TPSA) is 146 Å². The van der Waals surface area contributed by atoms with E-state index in [4.69, 9.17) is 15.7 Å². The summed E-state index contributed by atoms with van der Waals surface area (Å²) in [7, 11) is 3.23. The van der Waals surface area contributed by atoms with Gasteiger partial charge in [-0.1, -0.05) is 0 Å². The molecule has 5 N–H and O–H groups in total. The number of nitriles is 1. The van der Waals surface area contributed by atoms with Gasteiger partial charge in [-0.05, 0) is 18.9 Å². The normalized spacial score (nSPS) is 11.7. The summed E-state index contributed by atoms with van der Waals surface area (Å²) in [4.78, 5) is 16.7. The number of aromatic nitrogens is 2. The molecule has 0 amide bonds. The van der Waals surface area contributed by atoms with Crippen LogP contribution >= 0.6 is 0 Å². The number of anilines is 1. The summed E-state index contributed by atoms with van der Waals surface area (Å²) < 4.78 is 4.91. The van der Waals surface area contributed by atoms with Crippen molar-refractivity contribution in [2.24, 2.45) is 15.7 Å². The molecule has 1 aromatic heterocycles. The van der Waals surface area contributed by atoms with Gasteiger partial charge in [0.15, 0.2) is 12.2 Å². The highest BCUT2D eigenvalue weighted by Gasteiger charge is 2.02. The van der Waals surface area contributed by atoms with Crippen molar-refractivity contribution < 1.29 is 4.74 Å². The van der Waals surface area contributed by atoms with Crippen LogP contribution in [0.4, 0.5) is 5.82 Å². The summed E-state index contributed by atoms with van der Waals surface area (Å²) in [6.45, 7) is 1.71. The van der Waals surface area contributed by atoms with Crippen LogP contribution in [-0.2, 0) is 11.2 Å². The number of unbranched alkanes of at least 4 members (excludes halogenated alkanes) is 1. The van der Waals surface area contributed by atoms with E-state index >= 15 is 0 Å². The molecule has 1 aromatic rings. The van der Waals surface area contributed by atoms with Crippen LogP contribution in [-0.4, -0.2) is 55.7 Å². The molecule has 0 fully saturated rings. The number of hydrogen-bond donors (Lipinski definition) is 4. The van der Waals surface area contributed by atoms with Crippen LogP contribution in [0.2, 0.25) is 0 Å². The predicted molar refractivity (Wildman–Crippen MR) is 97.1 cm³/mol. The van der Waals surface area contributed by atoms with Crippen molar-refractivity contribution in [1.82, 2.24) is 20.6 Å². The number of aryl methyl sites for hydroxylation is 1. The number of hydrogen-bond acceptors (Lipinski definition) is 6. The molecule has 0 aliphatic carbocycles. The fraction of sp³-hybridized carbons (Fsp3) is 0.533. The molecule has 0 atom stereocenters.